The Kier molecular flexibility index (Phi) is 4.37. The number of aryl methyl sites for hydroxylation is 1. The predicted octanol–water partition coefficient (Wildman–Crippen LogP) is 4.93. The van der Waals surface area contributed by atoms with E-state index in [9.17, 15) is 31.1 Å². The quantitative estimate of drug-likeness (QED) is 0.634. The van der Waals surface area contributed by atoms with Gasteiger partial charge in [0.1, 0.15) is 11.3 Å². The van der Waals surface area contributed by atoms with Gasteiger partial charge in [0.2, 0.25) is 0 Å². The number of amides is 1. The summed E-state index contributed by atoms with van der Waals surface area (Å²) in [6.45, 7) is 1.80. The maximum absolute atomic E-state index is 12.9. The summed E-state index contributed by atoms with van der Waals surface area (Å²) in [5.74, 6) is -0.927. The highest BCUT2D eigenvalue weighted by molar-refractivity contribution is 6.03. The molecule has 0 aliphatic heterocycles. The first kappa shape index (κ1) is 18.7. The van der Waals surface area contributed by atoms with Gasteiger partial charge >= 0.3 is 12.4 Å². The molecule has 0 atom stereocenters. The Morgan fingerprint density at radius 2 is 1.59 bits per heavy atom. The molecule has 4 nitrogen and oxygen atoms in total. The topological polar surface area (TPSA) is 46.4 Å². The van der Waals surface area contributed by atoms with Gasteiger partial charge in [-0.25, -0.2) is 4.98 Å². The van der Waals surface area contributed by atoms with Crippen molar-refractivity contribution in [3.8, 4) is 0 Å². The number of hydrogen-bond acceptors (Lipinski definition) is 2. The second-order valence-corrected chi connectivity index (χ2v) is 5.84. The fourth-order valence-electron chi connectivity index (χ4n) is 2.42. The van der Waals surface area contributed by atoms with Crippen LogP contribution in [0.5, 0.6) is 0 Å². The molecule has 0 unspecified atom stereocenters. The van der Waals surface area contributed by atoms with Crippen LogP contribution in [0, 0.1) is 6.92 Å². The average molecular weight is 387 g/mol. The van der Waals surface area contributed by atoms with Crippen molar-refractivity contribution in [3.05, 3.63) is 65.1 Å². The number of alkyl halides is 6. The van der Waals surface area contributed by atoms with Crippen molar-refractivity contribution in [1.82, 2.24) is 9.38 Å². The zero-order valence-electron chi connectivity index (χ0n) is 13.6. The molecule has 1 amide bonds. The zero-order chi connectivity index (χ0) is 20.0. The van der Waals surface area contributed by atoms with E-state index in [-0.39, 0.29) is 11.8 Å². The van der Waals surface area contributed by atoms with Crippen molar-refractivity contribution in [2.75, 3.05) is 5.32 Å². The van der Waals surface area contributed by atoms with E-state index >= 15 is 0 Å². The molecule has 1 N–H and O–H groups in total. The summed E-state index contributed by atoms with van der Waals surface area (Å²) in [6, 6.07) is 4.28. The lowest BCUT2D eigenvalue weighted by Crippen LogP contribution is -2.16. The van der Waals surface area contributed by atoms with Gasteiger partial charge in [-0.05, 0) is 42.8 Å². The van der Waals surface area contributed by atoms with E-state index in [2.05, 4.69) is 4.98 Å². The number of halogens is 6. The van der Waals surface area contributed by atoms with Gasteiger partial charge in [0.05, 0.1) is 11.1 Å². The molecule has 2 aromatic heterocycles. The average Bonchev–Trinajstić information content (AvgIpc) is 2.96. The Morgan fingerprint density at radius 1 is 1.00 bits per heavy atom. The molecular formula is C17H11F6N3O. The number of aromatic nitrogens is 2. The van der Waals surface area contributed by atoms with Crippen molar-refractivity contribution in [1.29, 1.82) is 0 Å². The number of benzene rings is 1. The molecule has 0 bridgehead atoms. The smallest absolute Gasteiger partial charge is 0.321 e. The Hall–Kier alpha value is -3.04. The SMILES string of the molecule is Cc1ccn2cc(C(=O)Nc3cc(C(F)(F)F)cc(C(F)(F)F)c3)nc2c1. The van der Waals surface area contributed by atoms with Crippen LogP contribution in [0.3, 0.4) is 0 Å². The molecule has 2 heterocycles. The molecule has 0 saturated carbocycles. The largest absolute Gasteiger partial charge is 0.416 e. The molecule has 0 aliphatic carbocycles. The molecule has 3 aromatic rings. The minimum atomic E-state index is -5.00. The van der Waals surface area contributed by atoms with Gasteiger partial charge in [-0.15, -0.1) is 0 Å². The summed E-state index contributed by atoms with van der Waals surface area (Å²) in [5, 5.41) is 2.04. The number of anilines is 1. The van der Waals surface area contributed by atoms with E-state index in [0.29, 0.717) is 17.8 Å². The van der Waals surface area contributed by atoms with Gasteiger partial charge in [0, 0.05) is 18.1 Å². The van der Waals surface area contributed by atoms with Gasteiger partial charge in [0.15, 0.2) is 0 Å². The van der Waals surface area contributed by atoms with Gasteiger partial charge in [-0.2, -0.15) is 26.3 Å². The lowest BCUT2D eigenvalue weighted by atomic mass is 10.1. The highest BCUT2D eigenvalue weighted by Gasteiger charge is 2.37. The molecule has 1 aromatic carbocycles. The van der Waals surface area contributed by atoms with Gasteiger partial charge < -0.3 is 9.72 Å². The predicted molar refractivity (Wildman–Crippen MR) is 84.3 cm³/mol. The monoisotopic (exact) mass is 387 g/mol. The molecule has 0 aliphatic rings. The summed E-state index contributed by atoms with van der Waals surface area (Å²) in [5.41, 5.74) is -2.52. The first-order chi connectivity index (χ1) is 12.4. The van der Waals surface area contributed by atoms with Crippen LogP contribution in [0.25, 0.3) is 5.65 Å². The van der Waals surface area contributed by atoms with Crippen molar-refractivity contribution >= 4 is 17.2 Å². The first-order valence-electron chi connectivity index (χ1n) is 7.50. The molecule has 27 heavy (non-hydrogen) atoms. The van der Waals surface area contributed by atoms with Crippen molar-refractivity contribution in [2.45, 2.75) is 19.3 Å². The summed E-state index contributed by atoms with van der Waals surface area (Å²) in [6.07, 6.45) is -7.05. The number of pyridine rings is 1. The van der Waals surface area contributed by atoms with Gasteiger partial charge in [-0.1, -0.05) is 0 Å². The fraction of sp³-hybridized carbons (Fsp3) is 0.176. The van der Waals surface area contributed by atoms with Crippen molar-refractivity contribution < 1.29 is 31.1 Å². The molecule has 3 rings (SSSR count). The Morgan fingerprint density at radius 3 is 2.15 bits per heavy atom. The molecule has 0 saturated heterocycles. The molecule has 0 fully saturated rings. The molecule has 0 radical (unpaired) electrons. The van der Waals surface area contributed by atoms with Crippen LogP contribution < -0.4 is 5.32 Å². The Balaban J connectivity index is 1.96. The van der Waals surface area contributed by atoms with Gasteiger partial charge in [-0.3, -0.25) is 4.79 Å². The molecule has 10 heteroatoms. The number of nitrogens with zero attached hydrogens (tertiary/aromatic N) is 2. The molecule has 142 valence electrons. The normalized spacial score (nSPS) is 12.4. The van der Waals surface area contributed by atoms with Crippen LogP contribution in [0.4, 0.5) is 32.0 Å². The second kappa shape index (κ2) is 6.29. The lowest BCUT2D eigenvalue weighted by Gasteiger charge is -2.14. The van der Waals surface area contributed by atoms with Crippen LogP contribution in [-0.4, -0.2) is 15.3 Å². The number of rotatable bonds is 2. The summed E-state index contributed by atoms with van der Waals surface area (Å²) in [4.78, 5) is 16.3. The number of carbonyl (C=O) groups is 1. The third-order valence-electron chi connectivity index (χ3n) is 3.69. The Bertz CT molecular complexity index is 987. The third-order valence-corrected chi connectivity index (χ3v) is 3.69. The van der Waals surface area contributed by atoms with E-state index in [1.807, 2.05) is 5.32 Å². The number of fused-ring (bicyclic) bond motifs is 1. The van der Waals surface area contributed by atoms with E-state index in [1.165, 1.54) is 10.6 Å². The zero-order valence-corrected chi connectivity index (χ0v) is 13.6. The fourth-order valence-corrected chi connectivity index (χ4v) is 2.42. The van der Waals surface area contributed by atoms with Crippen LogP contribution in [0.2, 0.25) is 0 Å². The second-order valence-electron chi connectivity index (χ2n) is 5.84. The van der Waals surface area contributed by atoms with E-state index in [1.54, 1.807) is 25.3 Å². The maximum Gasteiger partial charge on any atom is 0.416 e. The summed E-state index contributed by atoms with van der Waals surface area (Å²) < 4.78 is 78.8. The van der Waals surface area contributed by atoms with E-state index < -0.39 is 35.1 Å². The minimum absolute atomic E-state index is 0.0106. The van der Waals surface area contributed by atoms with E-state index in [0.717, 1.165) is 5.56 Å². The molecular weight excluding hydrogens is 376 g/mol. The number of nitrogens with one attached hydrogen (secondary N) is 1. The van der Waals surface area contributed by atoms with Crippen molar-refractivity contribution in [3.63, 3.8) is 0 Å². The summed E-state index contributed by atoms with van der Waals surface area (Å²) >= 11 is 0. The standard InChI is InChI=1S/C17H11F6N3O/c1-9-2-3-26-8-13(25-14(26)4-9)15(27)24-12-6-10(16(18,19)20)5-11(7-12)17(21,22)23/h2-8H,1H3,(H,24,27). The van der Waals surface area contributed by atoms with Crippen LogP contribution in [0.1, 0.15) is 27.2 Å². The maximum atomic E-state index is 12.9. The highest BCUT2D eigenvalue weighted by atomic mass is 19.4. The first-order valence-corrected chi connectivity index (χ1v) is 7.50. The summed E-state index contributed by atoms with van der Waals surface area (Å²) in [7, 11) is 0. The van der Waals surface area contributed by atoms with Crippen LogP contribution in [0.15, 0.2) is 42.7 Å². The highest BCUT2D eigenvalue weighted by Crippen LogP contribution is 2.37. The number of hydrogen-bond donors (Lipinski definition) is 1. The van der Waals surface area contributed by atoms with Crippen LogP contribution >= 0.6 is 0 Å². The van der Waals surface area contributed by atoms with E-state index in [4.69, 9.17) is 0 Å². The molecule has 0 spiro atoms. The third kappa shape index (κ3) is 4.04. The number of carbonyl (C=O) groups excluding carboxylic acids is 1. The lowest BCUT2D eigenvalue weighted by molar-refractivity contribution is -0.143. The minimum Gasteiger partial charge on any atom is -0.321 e. The van der Waals surface area contributed by atoms with Gasteiger partial charge in [0.25, 0.3) is 5.91 Å². The number of imidazole rings is 1. The van der Waals surface area contributed by atoms with Crippen molar-refractivity contribution in [2.24, 2.45) is 0 Å². The van der Waals surface area contributed by atoms with Crippen LogP contribution in [-0.2, 0) is 12.4 Å². The Labute approximate surface area is 148 Å².